The molecule has 4 nitrogen and oxygen atoms in total. The topological polar surface area (TPSA) is 40.6 Å². The third-order valence-corrected chi connectivity index (χ3v) is 4.83. The lowest BCUT2D eigenvalue weighted by Gasteiger charge is -2.26. The van der Waals surface area contributed by atoms with Gasteiger partial charge in [-0.05, 0) is 25.8 Å². The van der Waals surface area contributed by atoms with Crippen molar-refractivity contribution in [3.8, 4) is 0 Å². The minimum atomic E-state index is -0.0499. The van der Waals surface area contributed by atoms with Gasteiger partial charge in [0.05, 0.1) is 11.8 Å². The fraction of sp³-hybridized carbons (Fsp3) is 0.857. The SMILES string of the molecule is CN1CC2C(=O)N(CC3CCCCC3)C(=O)C2C1. The summed E-state index contributed by atoms with van der Waals surface area (Å²) in [6, 6.07) is 0. The van der Waals surface area contributed by atoms with E-state index in [0.717, 1.165) is 13.1 Å². The number of amides is 2. The van der Waals surface area contributed by atoms with Gasteiger partial charge in [-0.15, -0.1) is 0 Å². The third-order valence-electron chi connectivity index (χ3n) is 4.83. The van der Waals surface area contributed by atoms with Crippen molar-refractivity contribution in [1.29, 1.82) is 0 Å². The zero-order valence-corrected chi connectivity index (χ0v) is 11.1. The zero-order chi connectivity index (χ0) is 12.7. The van der Waals surface area contributed by atoms with Gasteiger partial charge in [-0.2, -0.15) is 0 Å². The van der Waals surface area contributed by atoms with Gasteiger partial charge < -0.3 is 4.90 Å². The quantitative estimate of drug-likeness (QED) is 0.689. The van der Waals surface area contributed by atoms with Crippen molar-refractivity contribution in [3.63, 3.8) is 0 Å². The van der Waals surface area contributed by atoms with Crippen LogP contribution in [0.5, 0.6) is 0 Å². The Hall–Kier alpha value is -0.900. The summed E-state index contributed by atoms with van der Waals surface area (Å²) in [5.41, 5.74) is 0. The summed E-state index contributed by atoms with van der Waals surface area (Å²) in [6.07, 6.45) is 6.21. The highest BCUT2D eigenvalue weighted by atomic mass is 16.2. The molecule has 18 heavy (non-hydrogen) atoms. The van der Waals surface area contributed by atoms with E-state index in [2.05, 4.69) is 4.90 Å². The van der Waals surface area contributed by atoms with Gasteiger partial charge >= 0.3 is 0 Å². The summed E-state index contributed by atoms with van der Waals surface area (Å²) in [5.74, 6) is 0.653. The Kier molecular flexibility index (Phi) is 3.14. The first-order valence-electron chi connectivity index (χ1n) is 7.20. The molecule has 2 unspecified atom stereocenters. The predicted octanol–water partition coefficient (Wildman–Crippen LogP) is 1.11. The summed E-state index contributed by atoms with van der Waals surface area (Å²) in [6.45, 7) is 2.21. The molecule has 2 aliphatic heterocycles. The molecule has 0 spiro atoms. The first-order chi connectivity index (χ1) is 8.66. The molecule has 0 N–H and O–H groups in total. The molecule has 2 amide bonds. The Morgan fingerprint density at radius 2 is 1.56 bits per heavy atom. The fourth-order valence-electron chi connectivity index (χ4n) is 3.82. The lowest BCUT2D eigenvalue weighted by molar-refractivity contribution is -0.141. The summed E-state index contributed by atoms with van der Waals surface area (Å²) in [7, 11) is 1.99. The highest BCUT2D eigenvalue weighted by molar-refractivity contribution is 6.05. The summed E-state index contributed by atoms with van der Waals surface area (Å²) >= 11 is 0. The van der Waals surface area contributed by atoms with Crippen molar-refractivity contribution in [2.75, 3.05) is 26.7 Å². The Bertz CT molecular complexity index is 339. The number of hydrogen-bond donors (Lipinski definition) is 0. The van der Waals surface area contributed by atoms with Gasteiger partial charge in [0.25, 0.3) is 0 Å². The Balaban J connectivity index is 1.67. The summed E-state index contributed by atoms with van der Waals surface area (Å²) < 4.78 is 0. The molecule has 3 aliphatic rings. The average molecular weight is 250 g/mol. The van der Waals surface area contributed by atoms with Crippen LogP contribution >= 0.6 is 0 Å². The van der Waals surface area contributed by atoms with Crippen LogP contribution in [-0.2, 0) is 9.59 Å². The van der Waals surface area contributed by atoms with Crippen LogP contribution in [0.1, 0.15) is 32.1 Å². The van der Waals surface area contributed by atoms with Gasteiger partial charge in [0.1, 0.15) is 0 Å². The molecule has 1 aliphatic carbocycles. The largest absolute Gasteiger partial charge is 0.305 e. The van der Waals surface area contributed by atoms with Crippen LogP contribution in [0, 0.1) is 17.8 Å². The van der Waals surface area contributed by atoms with Crippen molar-refractivity contribution < 1.29 is 9.59 Å². The molecule has 1 saturated carbocycles. The molecule has 3 fully saturated rings. The van der Waals surface area contributed by atoms with E-state index in [4.69, 9.17) is 0 Å². The van der Waals surface area contributed by atoms with Crippen LogP contribution in [0.3, 0.4) is 0 Å². The van der Waals surface area contributed by atoms with Crippen molar-refractivity contribution >= 4 is 11.8 Å². The zero-order valence-electron chi connectivity index (χ0n) is 11.1. The first-order valence-corrected chi connectivity index (χ1v) is 7.20. The van der Waals surface area contributed by atoms with Crippen LogP contribution in [0.15, 0.2) is 0 Å². The minimum absolute atomic E-state index is 0.0499. The van der Waals surface area contributed by atoms with Crippen molar-refractivity contribution in [2.24, 2.45) is 17.8 Å². The molecule has 0 radical (unpaired) electrons. The maximum Gasteiger partial charge on any atom is 0.234 e. The van der Waals surface area contributed by atoms with Gasteiger partial charge in [0, 0.05) is 19.6 Å². The van der Waals surface area contributed by atoms with Crippen molar-refractivity contribution in [3.05, 3.63) is 0 Å². The maximum atomic E-state index is 12.3. The molecule has 3 rings (SSSR count). The molecule has 100 valence electrons. The van der Waals surface area contributed by atoms with Crippen molar-refractivity contribution in [1.82, 2.24) is 9.80 Å². The highest BCUT2D eigenvalue weighted by Gasteiger charge is 2.51. The lowest BCUT2D eigenvalue weighted by atomic mass is 9.89. The predicted molar refractivity (Wildman–Crippen MR) is 67.8 cm³/mol. The molecule has 0 aromatic heterocycles. The van der Waals surface area contributed by atoms with Gasteiger partial charge in [-0.1, -0.05) is 19.3 Å². The Morgan fingerprint density at radius 1 is 1.00 bits per heavy atom. The summed E-state index contributed by atoms with van der Waals surface area (Å²) in [4.78, 5) is 28.3. The van der Waals surface area contributed by atoms with Crippen LogP contribution in [0.25, 0.3) is 0 Å². The van der Waals surface area contributed by atoms with E-state index >= 15 is 0 Å². The van der Waals surface area contributed by atoms with Gasteiger partial charge in [0.2, 0.25) is 11.8 Å². The molecule has 2 atom stereocenters. The molecule has 2 saturated heterocycles. The minimum Gasteiger partial charge on any atom is -0.305 e. The molecule has 0 aromatic carbocycles. The Labute approximate surface area is 108 Å². The van der Waals surface area contributed by atoms with E-state index in [0.29, 0.717) is 12.5 Å². The van der Waals surface area contributed by atoms with Crippen LogP contribution in [-0.4, -0.2) is 48.3 Å². The molecular formula is C14H22N2O2. The van der Waals surface area contributed by atoms with Gasteiger partial charge in [0.15, 0.2) is 0 Å². The number of likely N-dealkylation sites (tertiary alicyclic amines) is 2. The van der Waals surface area contributed by atoms with E-state index in [-0.39, 0.29) is 23.7 Å². The standard InChI is InChI=1S/C14H22N2O2/c1-15-8-11-12(9-15)14(18)16(13(11)17)7-10-5-3-2-4-6-10/h10-12H,2-9H2,1H3. The molecular weight excluding hydrogens is 228 g/mol. The number of carbonyl (C=O) groups is 2. The van der Waals surface area contributed by atoms with Crippen LogP contribution in [0.4, 0.5) is 0 Å². The van der Waals surface area contributed by atoms with E-state index in [1.165, 1.54) is 32.1 Å². The van der Waals surface area contributed by atoms with Crippen LogP contribution < -0.4 is 0 Å². The van der Waals surface area contributed by atoms with E-state index in [1.54, 1.807) is 4.90 Å². The molecule has 4 heteroatoms. The fourth-order valence-corrected chi connectivity index (χ4v) is 3.82. The first kappa shape index (κ1) is 12.2. The third kappa shape index (κ3) is 1.96. The van der Waals surface area contributed by atoms with E-state index in [9.17, 15) is 9.59 Å². The monoisotopic (exact) mass is 250 g/mol. The second kappa shape index (κ2) is 4.65. The second-order valence-electron chi connectivity index (χ2n) is 6.23. The lowest BCUT2D eigenvalue weighted by Crippen LogP contribution is -2.38. The molecule has 0 aromatic rings. The number of imide groups is 1. The highest BCUT2D eigenvalue weighted by Crippen LogP contribution is 2.34. The smallest absolute Gasteiger partial charge is 0.234 e. The average Bonchev–Trinajstić information content (AvgIpc) is 2.85. The summed E-state index contributed by atoms with van der Waals surface area (Å²) in [5, 5.41) is 0. The molecule has 2 heterocycles. The van der Waals surface area contributed by atoms with Crippen LogP contribution in [0.2, 0.25) is 0 Å². The van der Waals surface area contributed by atoms with Gasteiger partial charge in [-0.3, -0.25) is 14.5 Å². The molecule has 0 bridgehead atoms. The number of fused-ring (bicyclic) bond motifs is 1. The Morgan fingerprint density at radius 3 is 2.11 bits per heavy atom. The number of nitrogens with zero attached hydrogens (tertiary/aromatic N) is 2. The normalized spacial score (nSPS) is 34.4. The number of hydrogen-bond acceptors (Lipinski definition) is 3. The maximum absolute atomic E-state index is 12.3. The number of rotatable bonds is 2. The van der Waals surface area contributed by atoms with Gasteiger partial charge in [-0.25, -0.2) is 0 Å². The van der Waals surface area contributed by atoms with Crippen molar-refractivity contribution in [2.45, 2.75) is 32.1 Å². The van der Waals surface area contributed by atoms with E-state index < -0.39 is 0 Å². The van der Waals surface area contributed by atoms with E-state index in [1.807, 2.05) is 7.05 Å². The second-order valence-corrected chi connectivity index (χ2v) is 6.23. The number of carbonyl (C=O) groups excluding carboxylic acids is 2.